The Morgan fingerprint density at radius 2 is 1.73 bits per heavy atom. The topological polar surface area (TPSA) is 75.6 Å². The Balaban J connectivity index is 1.78. The number of rotatable bonds is 2. The molecule has 0 unspecified atom stereocenters. The first-order valence-corrected chi connectivity index (χ1v) is 8.09. The maximum absolute atomic E-state index is 12.7. The molecule has 128 valence electrons. The number of hydrogen-bond donors (Lipinski definition) is 2. The average molecular weight is 345 g/mol. The minimum absolute atomic E-state index is 0.195. The predicted octanol–water partition coefficient (Wildman–Crippen LogP) is 4.72. The van der Waals surface area contributed by atoms with E-state index in [-0.39, 0.29) is 11.5 Å². The number of benzene rings is 3. The number of ether oxygens (including phenoxy) is 1. The van der Waals surface area contributed by atoms with E-state index >= 15 is 0 Å². The van der Waals surface area contributed by atoms with Crippen LogP contribution in [0, 0.1) is 6.92 Å². The molecular formula is C21H15NO4. The van der Waals surface area contributed by atoms with E-state index in [9.17, 15) is 9.59 Å². The van der Waals surface area contributed by atoms with Crippen molar-refractivity contribution in [3.8, 4) is 22.6 Å². The van der Waals surface area contributed by atoms with E-state index in [1.54, 1.807) is 24.3 Å². The molecule has 0 saturated carbocycles. The fourth-order valence-electron chi connectivity index (χ4n) is 2.95. The first kappa shape index (κ1) is 15.9. The van der Waals surface area contributed by atoms with Crippen LogP contribution in [0.3, 0.4) is 0 Å². The van der Waals surface area contributed by atoms with Gasteiger partial charge in [0, 0.05) is 0 Å². The summed E-state index contributed by atoms with van der Waals surface area (Å²) in [5.41, 5.74) is 3.70. The summed E-state index contributed by atoms with van der Waals surface area (Å²) in [4.78, 5) is 23.8. The second-order valence-corrected chi connectivity index (χ2v) is 6.15. The SMILES string of the molecule is Cc1ccc2c(c1)NC(=O)c1cc(-c3cccc(C(=O)O)c3)ccc1O2. The van der Waals surface area contributed by atoms with Crippen LogP contribution >= 0.6 is 0 Å². The lowest BCUT2D eigenvalue weighted by molar-refractivity contribution is 0.0696. The van der Waals surface area contributed by atoms with Crippen molar-refractivity contribution in [3.05, 3.63) is 77.4 Å². The molecule has 5 heteroatoms. The highest BCUT2D eigenvalue weighted by molar-refractivity contribution is 6.08. The molecule has 2 N–H and O–H groups in total. The Labute approximate surface area is 149 Å². The maximum Gasteiger partial charge on any atom is 0.335 e. The minimum Gasteiger partial charge on any atom is -0.478 e. The third kappa shape index (κ3) is 2.80. The monoisotopic (exact) mass is 345 g/mol. The standard InChI is InChI=1S/C21H15NO4/c1-12-5-7-19-17(9-12)22-20(23)16-11-14(6-8-18(16)26-19)13-3-2-4-15(10-13)21(24)25/h2-11H,1H3,(H,22,23)(H,24,25). The van der Waals surface area contributed by atoms with Crippen molar-refractivity contribution < 1.29 is 19.4 Å². The van der Waals surface area contributed by atoms with Gasteiger partial charge in [0.25, 0.3) is 5.91 Å². The number of nitrogens with one attached hydrogen (secondary N) is 1. The number of anilines is 1. The minimum atomic E-state index is -0.992. The largest absolute Gasteiger partial charge is 0.478 e. The molecule has 0 aromatic heterocycles. The zero-order valence-corrected chi connectivity index (χ0v) is 13.9. The van der Waals surface area contributed by atoms with E-state index < -0.39 is 5.97 Å². The number of carbonyl (C=O) groups is 2. The van der Waals surface area contributed by atoms with Gasteiger partial charge in [-0.2, -0.15) is 0 Å². The summed E-state index contributed by atoms with van der Waals surface area (Å²) >= 11 is 0. The van der Waals surface area contributed by atoms with Crippen molar-refractivity contribution in [2.45, 2.75) is 6.92 Å². The summed E-state index contributed by atoms with van der Waals surface area (Å²) in [6, 6.07) is 17.5. The lowest BCUT2D eigenvalue weighted by Crippen LogP contribution is -2.10. The molecule has 0 bridgehead atoms. The molecule has 0 aliphatic carbocycles. The Morgan fingerprint density at radius 1 is 0.962 bits per heavy atom. The number of aromatic carboxylic acids is 1. The molecule has 26 heavy (non-hydrogen) atoms. The highest BCUT2D eigenvalue weighted by atomic mass is 16.5. The molecule has 0 radical (unpaired) electrons. The van der Waals surface area contributed by atoms with Gasteiger partial charge in [-0.1, -0.05) is 24.3 Å². The number of aryl methyl sites for hydroxylation is 1. The molecular weight excluding hydrogens is 330 g/mol. The summed E-state index contributed by atoms with van der Waals surface area (Å²) in [7, 11) is 0. The summed E-state index contributed by atoms with van der Waals surface area (Å²) in [6.07, 6.45) is 0. The van der Waals surface area contributed by atoms with E-state index in [0.29, 0.717) is 22.7 Å². The molecule has 1 aliphatic rings. The lowest BCUT2D eigenvalue weighted by Gasteiger charge is -2.09. The van der Waals surface area contributed by atoms with Crippen LogP contribution < -0.4 is 10.1 Å². The molecule has 0 atom stereocenters. The summed E-state index contributed by atoms with van der Waals surface area (Å²) in [6.45, 7) is 1.94. The van der Waals surface area contributed by atoms with Crippen molar-refractivity contribution in [1.82, 2.24) is 0 Å². The molecule has 1 aliphatic heterocycles. The van der Waals surface area contributed by atoms with Crippen LogP contribution in [-0.2, 0) is 0 Å². The number of amides is 1. The highest BCUT2D eigenvalue weighted by Gasteiger charge is 2.21. The maximum atomic E-state index is 12.7. The molecule has 0 fully saturated rings. The smallest absolute Gasteiger partial charge is 0.335 e. The van der Waals surface area contributed by atoms with Crippen LogP contribution in [0.4, 0.5) is 5.69 Å². The molecule has 1 heterocycles. The van der Waals surface area contributed by atoms with E-state index in [0.717, 1.165) is 16.7 Å². The second-order valence-electron chi connectivity index (χ2n) is 6.15. The van der Waals surface area contributed by atoms with E-state index in [4.69, 9.17) is 9.84 Å². The molecule has 4 rings (SSSR count). The molecule has 5 nitrogen and oxygen atoms in total. The van der Waals surface area contributed by atoms with Crippen molar-refractivity contribution >= 4 is 17.6 Å². The third-order valence-corrected chi connectivity index (χ3v) is 4.27. The quantitative estimate of drug-likeness (QED) is 0.705. The van der Waals surface area contributed by atoms with Crippen LogP contribution in [-0.4, -0.2) is 17.0 Å². The molecule has 3 aromatic rings. The van der Waals surface area contributed by atoms with Gasteiger partial charge in [0.15, 0.2) is 5.75 Å². The van der Waals surface area contributed by atoms with Gasteiger partial charge in [-0.15, -0.1) is 0 Å². The van der Waals surface area contributed by atoms with Crippen molar-refractivity contribution in [2.75, 3.05) is 5.32 Å². The fourth-order valence-corrected chi connectivity index (χ4v) is 2.95. The number of carbonyl (C=O) groups excluding carboxylic acids is 1. The van der Waals surface area contributed by atoms with Gasteiger partial charge in [-0.05, 0) is 60.0 Å². The normalized spacial score (nSPS) is 12.3. The van der Waals surface area contributed by atoms with Crippen molar-refractivity contribution in [2.24, 2.45) is 0 Å². The molecule has 1 amide bonds. The number of hydrogen-bond acceptors (Lipinski definition) is 3. The van der Waals surface area contributed by atoms with E-state index in [1.165, 1.54) is 6.07 Å². The van der Waals surface area contributed by atoms with Gasteiger partial charge in [0.05, 0.1) is 16.8 Å². The van der Waals surface area contributed by atoms with Crippen LogP contribution in [0.5, 0.6) is 11.5 Å². The van der Waals surface area contributed by atoms with E-state index in [2.05, 4.69) is 5.32 Å². The van der Waals surface area contributed by atoms with Crippen LogP contribution in [0.15, 0.2) is 60.7 Å². The van der Waals surface area contributed by atoms with Gasteiger partial charge in [-0.25, -0.2) is 4.79 Å². The summed E-state index contributed by atoms with van der Waals surface area (Å²) in [5, 5.41) is 12.0. The first-order chi connectivity index (χ1) is 12.5. The lowest BCUT2D eigenvalue weighted by atomic mass is 10.00. The average Bonchev–Trinajstić information content (AvgIpc) is 2.77. The van der Waals surface area contributed by atoms with Crippen LogP contribution in [0.2, 0.25) is 0 Å². The Kier molecular flexibility index (Phi) is 3.69. The van der Waals surface area contributed by atoms with Gasteiger partial charge in [-0.3, -0.25) is 4.79 Å². The fraction of sp³-hybridized carbons (Fsp3) is 0.0476. The first-order valence-electron chi connectivity index (χ1n) is 8.09. The number of carboxylic acid groups (broad SMARTS) is 1. The molecule has 0 saturated heterocycles. The Morgan fingerprint density at radius 3 is 2.54 bits per heavy atom. The second kappa shape index (κ2) is 6.04. The summed E-state index contributed by atoms with van der Waals surface area (Å²) in [5.74, 6) is -0.208. The Hall–Kier alpha value is -3.60. The van der Waals surface area contributed by atoms with Gasteiger partial charge < -0.3 is 15.2 Å². The van der Waals surface area contributed by atoms with E-state index in [1.807, 2.05) is 37.3 Å². The number of fused-ring (bicyclic) bond motifs is 2. The van der Waals surface area contributed by atoms with Gasteiger partial charge in [0.1, 0.15) is 5.75 Å². The zero-order chi connectivity index (χ0) is 18.3. The zero-order valence-electron chi connectivity index (χ0n) is 13.9. The van der Waals surface area contributed by atoms with Gasteiger partial charge >= 0.3 is 5.97 Å². The molecule has 3 aromatic carbocycles. The Bertz CT molecular complexity index is 1060. The molecule has 0 spiro atoms. The van der Waals surface area contributed by atoms with Crippen LogP contribution in [0.25, 0.3) is 11.1 Å². The van der Waals surface area contributed by atoms with Gasteiger partial charge in [0.2, 0.25) is 0 Å². The third-order valence-electron chi connectivity index (χ3n) is 4.27. The van der Waals surface area contributed by atoms with Crippen molar-refractivity contribution in [3.63, 3.8) is 0 Å². The number of carboxylic acids is 1. The highest BCUT2D eigenvalue weighted by Crippen LogP contribution is 2.37. The van der Waals surface area contributed by atoms with Crippen molar-refractivity contribution in [1.29, 1.82) is 0 Å². The van der Waals surface area contributed by atoms with Crippen LogP contribution in [0.1, 0.15) is 26.3 Å². The summed E-state index contributed by atoms with van der Waals surface area (Å²) < 4.78 is 5.90. The predicted molar refractivity (Wildman–Crippen MR) is 98.0 cm³/mol.